The van der Waals surface area contributed by atoms with Crippen LogP contribution < -0.4 is 0 Å². The standard InChI is InChI=1S/C9H14O4/c1-3-4-7(2)13-9(12)6-5-8(10)11/h3-4,7H,5-6H2,1-2H3,(H,10,11). The van der Waals surface area contributed by atoms with E-state index >= 15 is 0 Å². The first kappa shape index (κ1) is 11.7. The smallest absolute Gasteiger partial charge is 0.306 e. The third-order valence-corrected chi connectivity index (χ3v) is 1.32. The number of allylic oxidation sites excluding steroid dienone is 1. The fraction of sp³-hybridized carbons (Fsp3) is 0.556. The highest BCUT2D eigenvalue weighted by atomic mass is 16.5. The molecule has 0 aliphatic carbocycles. The molecule has 0 aromatic heterocycles. The maximum absolute atomic E-state index is 10.9. The van der Waals surface area contributed by atoms with Crippen molar-refractivity contribution in [2.24, 2.45) is 0 Å². The van der Waals surface area contributed by atoms with Crippen LogP contribution in [-0.2, 0) is 14.3 Å². The first-order chi connectivity index (χ1) is 6.06. The fourth-order valence-electron chi connectivity index (χ4n) is 0.786. The number of ether oxygens (including phenoxy) is 1. The molecule has 1 unspecified atom stereocenters. The molecule has 0 aromatic rings. The van der Waals surface area contributed by atoms with Crippen molar-refractivity contribution in [3.05, 3.63) is 12.2 Å². The van der Waals surface area contributed by atoms with Gasteiger partial charge in [-0.1, -0.05) is 6.08 Å². The van der Waals surface area contributed by atoms with Crippen LogP contribution in [0.4, 0.5) is 0 Å². The van der Waals surface area contributed by atoms with Gasteiger partial charge < -0.3 is 9.84 Å². The predicted octanol–water partition coefficient (Wildman–Crippen LogP) is 1.36. The van der Waals surface area contributed by atoms with Gasteiger partial charge >= 0.3 is 11.9 Å². The monoisotopic (exact) mass is 186 g/mol. The zero-order valence-corrected chi connectivity index (χ0v) is 7.82. The molecule has 0 aliphatic heterocycles. The molecule has 0 saturated heterocycles. The molecule has 74 valence electrons. The average Bonchev–Trinajstić information content (AvgIpc) is 2.01. The maximum Gasteiger partial charge on any atom is 0.306 e. The van der Waals surface area contributed by atoms with Gasteiger partial charge in [-0.3, -0.25) is 9.59 Å². The van der Waals surface area contributed by atoms with E-state index in [1.807, 2.05) is 6.92 Å². The summed E-state index contributed by atoms with van der Waals surface area (Å²) in [6.45, 7) is 3.54. The number of carbonyl (C=O) groups is 2. The average molecular weight is 186 g/mol. The van der Waals surface area contributed by atoms with E-state index in [-0.39, 0.29) is 18.9 Å². The van der Waals surface area contributed by atoms with Crippen molar-refractivity contribution in [2.75, 3.05) is 0 Å². The van der Waals surface area contributed by atoms with E-state index in [2.05, 4.69) is 0 Å². The van der Waals surface area contributed by atoms with Gasteiger partial charge in [-0.15, -0.1) is 0 Å². The largest absolute Gasteiger partial charge is 0.481 e. The Morgan fingerprint density at radius 2 is 2.08 bits per heavy atom. The van der Waals surface area contributed by atoms with Gasteiger partial charge in [0.15, 0.2) is 0 Å². The van der Waals surface area contributed by atoms with E-state index in [0.717, 1.165) is 0 Å². The van der Waals surface area contributed by atoms with Gasteiger partial charge in [0.25, 0.3) is 0 Å². The first-order valence-corrected chi connectivity index (χ1v) is 4.10. The van der Waals surface area contributed by atoms with E-state index in [4.69, 9.17) is 9.84 Å². The minimum Gasteiger partial charge on any atom is -0.481 e. The molecule has 0 spiro atoms. The quantitative estimate of drug-likeness (QED) is 0.520. The number of aliphatic carboxylic acids is 1. The Kier molecular flexibility index (Phi) is 5.59. The van der Waals surface area contributed by atoms with Crippen LogP contribution >= 0.6 is 0 Å². The maximum atomic E-state index is 10.9. The van der Waals surface area contributed by atoms with Crippen molar-refractivity contribution in [3.63, 3.8) is 0 Å². The van der Waals surface area contributed by atoms with E-state index in [0.29, 0.717) is 0 Å². The Labute approximate surface area is 77.2 Å². The molecule has 1 N–H and O–H groups in total. The van der Waals surface area contributed by atoms with Crippen molar-refractivity contribution < 1.29 is 19.4 Å². The Morgan fingerprint density at radius 3 is 2.54 bits per heavy atom. The molecular weight excluding hydrogens is 172 g/mol. The Morgan fingerprint density at radius 1 is 1.46 bits per heavy atom. The van der Waals surface area contributed by atoms with Crippen molar-refractivity contribution in [2.45, 2.75) is 32.8 Å². The summed E-state index contributed by atoms with van der Waals surface area (Å²) in [6.07, 6.45) is 2.96. The number of carbonyl (C=O) groups excluding carboxylic acids is 1. The molecule has 0 saturated carbocycles. The molecule has 0 radical (unpaired) electrons. The molecule has 13 heavy (non-hydrogen) atoms. The van der Waals surface area contributed by atoms with Crippen LogP contribution in [-0.4, -0.2) is 23.1 Å². The number of esters is 1. The van der Waals surface area contributed by atoms with Gasteiger partial charge in [-0.25, -0.2) is 0 Å². The molecule has 0 rings (SSSR count). The number of rotatable bonds is 5. The van der Waals surface area contributed by atoms with E-state index in [1.54, 1.807) is 19.1 Å². The lowest BCUT2D eigenvalue weighted by molar-refractivity contribution is -0.149. The molecular formula is C9H14O4. The van der Waals surface area contributed by atoms with E-state index < -0.39 is 11.9 Å². The number of carboxylic acids is 1. The van der Waals surface area contributed by atoms with Gasteiger partial charge in [0.2, 0.25) is 0 Å². The van der Waals surface area contributed by atoms with Crippen LogP contribution in [0.2, 0.25) is 0 Å². The Balaban J connectivity index is 3.68. The minimum absolute atomic E-state index is 0.0722. The Bertz CT molecular complexity index is 208. The molecule has 0 amide bonds. The molecule has 0 aliphatic rings. The van der Waals surface area contributed by atoms with E-state index in [1.165, 1.54) is 0 Å². The highest BCUT2D eigenvalue weighted by molar-refractivity contribution is 5.76. The first-order valence-electron chi connectivity index (χ1n) is 4.10. The highest BCUT2D eigenvalue weighted by Crippen LogP contribution is 1.98. The minimum atomic E-state index is -0.990. The number of hydrogen-bond donors (Lipinski definition) is 1. The van der Waals surface area contributed by atoms with Crippen LogP contribution in [0.1, 0.15) is 26.7 Å². The van der Waals surface area contributed by atoms with Gasteiger partial charge in [0, 0.05) is 0 Å². The Hall–Kier alpha value is -1.32. The third kappa shape index (κ3) is 7.05. The van der Waals surface area contributed by atoms with Crippen LogP contribution in [0.25, 0.3) is 0 Å². The van der Waals surface area contributed by atoms with Crippen molar-refractivity contribution >= 4 is 11.9 Å². The van der Waals surface area contributed by atoms with Gasteiger partial charge in [0.05, 0.1) is 12.8 Å². The van der Waals surface area contributed by atoms with Crippen LogP contribution in [0.15, 0.2) is 12.2 Å². The second-order valence-electron chi connectivity index (χ2n) is 2.61. The zero-order chi connectivity index (χ0) is 10.3. The normalized spacial score (nSPS) is 12.8. The summed E-state index contributed by atoms with van der Waals surface area (Å²) in [5.41, 5.74) is 0. The van der Waals surface area contributed by atoms with Gasteiger partial charge in [-0.05, 0) is 19.9 Å². The molecule has 0 aromatic carbocycles. The SMILES string of the molecule is CC=CC(C)OC(=O)CCC(=O)O. The summed E-state index contributed by atoms with van der Waals surface area (Å²) in [7, 11) is 0. The highest BCUT2D eigenvalue weighted by Gasteiger charge is 2.08. The summed E-state index contributed by atoms with van der Waals surface area (Å²) in [6, 6.07) is 0. The van der Waals surface area contributed by atoms with Crippen LogP contribution in [0, 0.1) is 0 Å². The molecule has 0 bridgehead atoms. The summed E-state index contributed by atoms with van der Waals surface area (Å²) >= 11 is 0. The summed E-state index contributed by atoms with van der Waals surface area (Å²) in [5, 5.41) is 8.28. The molecule has 4 heteroatoms. The number of hydrogen-bond acceptors (Lipinski definition) is 3. The van der Waals surface area contributed by atoms with Crippen molar-refractivity contribution in [1.29, 1.82) is 0 Å². The topological polar surface area (TPSA) is 63.6 Å². The van der Waals surface area contributed by atoms with Crippen molar-refractivity contribution in [1.82, 2.24) is 0 Å². The zero-order valence-electron chi connectivity index (χ0n) is 7.82. The fourth-order valence-corrected chi connectivity index (χ4v) is 0.786. The third-order valence-electron chi connectivity index (χ3n) is 1.32. The summed E-state index contributed by atoms with van der Waals surface area (Å²) < 4.78 is 4.85. The summed E-state index contributed by atoms with van der Waals surface area (Å²) in [4.78, 5) is 21.0. The molecule has 0 heterocycles. The van der Waals surface area contributed by atoms with Crippen molar-refractivity contribution in [3.8, 4) is 0 Å². The predicted molar refractivity (Wildman–Crippen MR) is 47.2 cm³/mol. The molecule has 0 fully saturated rings. The lowest BCUT2D eigenvalue weighted by Gasteiger charge is -2.07. The second-order valence-corrected chi connectivity index (χ2v) is 2.61. The lowest BCUT2D eigenvalue weighted by Crippen LogP contribution is -2.13. The number of carboxylic acid groups (broad SMARTS) is 1. The van der Waals surface area contributed by atoms with Crippen LogP contribution in [0.3, 0.4) is 0 Å². The molecule has 1 atom stereocenters. The van der Waals surface area contributed by atoms with Crippen LogP contribution in [0.5, 0.6) is 0 Å². The lowest BCUT2D eigenvalue weighted by atomic mass is 10.3. The summed E-state index contributed by atoms with van der Waals surface area (Å²) in [5.74, 6) is -1.47. The van der Waals surface area contributed by atoms with Gasteiger partial charge in [0.1, 0.15) is 6.10 Å². The van der Waals surface area contributed by atoms with E-state index in [9.17, 15) is 9.59 Å². The van der Waals surface area contributed by atoms with Gasteiger partial charge in [-0.2, -0.15) is 0 Å². The molecule has 4 nitrogen and oxygen atoms in total. The second kappa shape index (κ2) is 6.22.